The van der Waals surface area contributed by atoms with E-state index in [-0.39, 0.29) is 11.9 Å². The van der Waals surface area contributed by atoms with Crippen molar-refractivity contribution in [2.24, 2.45) is 0 Å². The molecular weight excluding hydrogens is 262 g/mol. The SMILES string of the molecule is O=C(NCc1ccc(CN2CCCC2)cc1)C1CCCN1. The quantitative estimate of drug-likeness (QED) is 0.865. The molecule has 21 heavy (non-hydrogen) atoms. The summed E-state index contributed by atoms with van der Waals surface area (Å²) in [5, 5.41) is 6.25. The molecule has 0 saturated carbocycles. The lowest BCUT2D eigenvalue weighted by molar-refractivity contribution is -0.122. The predicted molar refractivity (Wildman–Crippen MR) is 83.8 cm³/mol. The van der Waals surface area contributed by atoms with Gasteiger partial charge < -0.3 is 10.6 Å². The average Bonchev–Trinajstić information content (AvgIpc) is 3.19. The zero-order chi connectivity index (χ0) is 14.5. The first-order chi connectivity index (χ1) is 10.3. The molecule has 0 radical (unpaired) electrons. The van der Waals surface area contributed by atoms with Gasteiger partial charge in [0.05, 0.1) is 6.04 Å². The summed E-state index contributed by atoms with van der Waals surface area (Å²) in [4.78, 5) is 14.4. The summed E-state index contributed by atoms with van der Waals surface area (Å²) < 4.78 is 0. The lowest BCUT2D eigenvalue weighted by atomic mass is 10.1. The van der Waals surface area contributed by atoms with Crippen LogP contribution >= 0.6 is 0 Å². The summed E-state index contributed by atoms with van der Waals surface area (Å²) in [5.74, 6) is 0.133. The fraction of sp³-hybridized carbons (Fsp3) is 0.588. The number of hydrogen-bond donors (Lipinski definition) is 2. The fourth-order valence-electron chi connectivity index (χ4n) is 3.18. The molecule has 1 unspecified atom stereocenters. The first kappa shape index (κ1) is 14.5. The number of nitrogens with zero attached hydrogens (tertiary/aromatic N) is 1. The van der Waals surface area contributed by atoms with E-state index in [1.165, 1.54) is 37.1 Å². The summed E-state index contributed by atoms with van der Waals surface area (Å²) in [7, 11) is 0. The second kappa shape index (κ2) is 7.05. The average molecular weight is 287 g/mol. The highest BCUT2D eigenvalue weighted by Crippen LogP contribution is 2.13. The van der Waals surface area contributed by atoms with Gasteiger partial charge in [0, 0.05) is 13.1 Å². The molecule has 0 bridgehead atoms. The Morgan fingerprint density at radius 2 is 1.86 bits per heavy atom. The molecular formula is C17H25N3O. The van der Waals surface area contributed by atoms with Crippen LogP contribution in [0.5, 0.6) is 0 Å². The van der Waals surface area contributed by atoms with Crippen LogP contribution in [0.2, 0.25) is 0 Å². The summed E-state index contributed by atoms with van der Waals surface area (Å²) in [6.07, 6.45) is 4.72. The van der Waals surface area contributed by atoms with Crippen molar-refractivity contribution >= 4 is 5.91 Å². The highest BCUT2D eigenvalue weighted by atomic mass is 16.2. The van der Waals surface area contributed by atoms with Crippen molar-refractivity contribution in [3.8, 4) is 0 Å². The molecule has 1 amide bonds. The van der Waals surface area contributed by atoms with Gasteiger partial charge in [-0.15, -0.1) is 0 Å². The van der Waals surface area contributed by atoms with E-state index in [0.29, 0.717) is 6.54 Å². The van der Waals surface area contributed by atoms with Crippen LogP contribution in [0.3, 0.4) is 0 Å². The first-order valence-electron chi connectivity index (χ1n) is 8.12. The molecule has 2 saturated heterocycles. The number of carbonyl (C=O) groups is 1. The predicted octanol–water partition coefficient (Wildman–Crippen LogP) is 1.65. The van der Waals surface area contributed by atoms with Crippen molar-refractivity contribution in [1.29, 1.82) is 0 Å². The molecule has 4 nitrogen and oxygen atoms in total. The van der Waals surface area contributed by atoms with Crippen LogP contribution in [0.4, 0.5) is 0 Å². The summed E-state index contributed by atoms with van der Waals surface area (Å²) >= 11 is 0. The van der Waals surface area contributed by atoms with Crippen molar-refractivity contribution in [3.63, 3.8) is 0 Å². The second-order valence-corrected chi connectivity index (χ2v) is 6.17. The Morgan fingerprint density at radius 3 is 2.52 bits per heavy atom. The Bertz CT molecular complexity index is 459. The van der Waals surface area contributed by atoms with E-state index in [1.807, 2.05) is 0 Å². The summed E-state index contributed by atoms with van der Waals surface area (Å²) in [6, 6.07) is 8.66. The van der Waals surface area contributed by atoms with Crippen molar-refractivity contribution in [1.82, 2.24) is 15.5 Å². The van der Waals surface area contributed by atoms with E-state index in [9.17, 15) is 4.79 Å². The molecule has 2 heterocycles. The molecule has 114 valence electrons. The van der Waals surface area contributed by atoms with Crippen molar-refractivity contribution in [3.05, 3.63) is 35.4 Å². The Hall–Kier alpha value is -1.39. The van der Waals surface area contributed by atoms with E-state index in [4.69, 9.17) is 0 Å². The van der Waals surface area contributed by atoms with E-state index >= 15 is 0 Å². The molecule has 0 aromatic heterocycles. The van der Waals surface area contributed by atoms with Crippen LogP contribution in [0.25, 0.3) is 0 Å². The fourth-order valence-corrected chi connectivity index (χ4v) is 3.18. The van der Waals surface area contributed by atoms with E-state index in [1.54, 1.807) is 0 Å². The van der Waals surface area contributed by atoms with Gasteiger partial charge in [0.25, 0.3) is 0 Å². The molecule has 1 aromatic carbocycles. The van der Waals surface area contributed by atoms with Crippen LogP contribution < -0.4 is 10.6 Å². The molecule has 1 atom stereocenters. The van der Waals surface area contributed by atoms with Gasteiger partial charge >= 0.3 is 0 Å². The largest absolute Gasteiger partial charge is 0.351 e. The molecule has 3 rings (SSSR count). The summed E-state index contributed by atoms with van der Waals surface area (Å²) in [6.45, 7) is 5.10. The van der Waals surface area contributed by atoms with Crippen LogP contribution in [0.15, 0.2) is 24.3 Å². The third-order valence-electron chi connectivity index (χ3n) is 4.47. The zero-order valence-corrected chi connectivity index (χ0v) is 12.6. The number of amides is 1. The minimum absolute atomic E-state index is 0.0134. The molecule has 2 fully saturated rings. The Balaban J connectivity index is 1.46. The van der Waals surface area contributed by atoms with Gasteiger partial charge in [0.1, 0.15) is 0 Å². The number of benzene rings is 1. The molecule has 4 heteroatoms. The van der Waals surface area contributed by atoms with Crippen LogP contribution in [-0.2, 0) is 17.9 Å². The van der Waals surface area contributed by atoms with Gasteiger partial charge in [0.2, 0.25) is 5.91 Å². The molecule has 2 aliphatic rings. The molecule has 0 spiro atoms. The van der Waals surface area contributed by atoms with Gasteiger partial charge in [-0.2, -0.15) is 0 Å². The third kappa shape index (κ3) is 4.05. The van der Waals surface area contributed by atoms with Gasteiger partial charge in [-0.1, -0.05) is 24.3 Å². The molecule has 0 aliphatic carbocycles. The number of hydrogen-bond acceptors (Lipinski definition) is 3. The smallest absolute Gasteiger partial charge is 0.237 e. The Kier molecular flexibility index (Phi) is 4.88. The zero-order valence-electron chi connectivity index (χ0n) is 12.6. The normalized spacial score (nSPS) is 22.6. The second-order valence-electron chi connectivity index (χ2n) is 6.17. The van der Waals surface area contributed by atoms with Crippen molar-refractivity contribution < 1.29 is 4.79 Å². The highest BCUT2D eigenvalue weighted by molar-refractivity contribution is 5.81. The van der Waals surface area contributed by atoms with Gasteiger partial charge in [-0.25, -0.2) is 0 Å². The molecule has 2 N–H and O–H groups in total. The van der Waals surface area contributed by atoms with E-state index in [2.05, 4.69) is 39.8 Å². The minimum atomic E-state index is 0.0134. The van der Waals surface area contributed by atoms with Crippen LogP contribution in [-0.4, -0.2) is 36.5 Å². The van der Waals surface area contributed by atoms with E-state index in [0.717, 1.165) is 25.9 Å². The van der Waals surface area contributed by atoms with Crippen molar-refractivity contribution in [2.45, 2.75) is 44.8 Å². The number of likely N-dealkylation sites (tertiary alicyclic amines) is 1. The highest BCUT2D eigenvalue weighted by Gasteiger charge is 2.21. The molecule has 1 aromatic rings. The lowest BCUT2D eigenvalue weighted by Gasteiger charge is -2.15. The monoisotopic (exact) mass is 287 g/mol. The number of nitrogens with one attached hydrogen (secondary N) is 2. The molecule has 2 aliphatic heterocycles. The number of rotatable bonds is 5. The summed E-state index contributed by atoms with van der Waals surface area (Å²) in [5.41, 5.74) is 2.54. The maximum atomic E-state index is 11.9. The topological polar surface area (TPSA) is 44.4 Å². The third-order valence-corrected chi connectivity index (χ3v) is 4.47. The first-order valence-corrected chi connectivity index (χ1v) is 8.12. The minimum Gasteiger partial charge on any atom is -0.351 e. The van der Waals surface area contributed by atoms with Crippen LogP contribution in [0.1, 0.15) is 36.8 Å². The standard InChI is InChI=1S/C17H25N3O/c21-17(16-4-3-9-18-16)19-12-14-5-7-15(8-6-14)13-20-10-1-2-11-20/h5-8,16,18H,1-4,9-13H2,(H,19,21). The Morgan fingerprint density at radius 1 is 1.14 bits per heavy atom. The van der Waals surface area contributed by atoms with Gasteiger partial charge in [-0.3, -0.25) is 9.69 Å². The Labute approximate surface area is 126 Å². The maximum Gasteiger partial charge on any atom is 0.237 e. The van der Waals surface area contributed by atoms with Gasteiger partial charge in [-0.05, 0) is 56.4 Å². The van der Waals surface area contributed by atoms with Crippen LogP contribution in [0, 0.1) is 0 Å². The lowest BCUT2D eigenvalue weighted by Crippen LogP contribution is -2.39. The number of carbonyl (C=O) groups excluding carboxylic acids is 1. The maximum absolute atomic E-state index is 11.9. The van der Waals surface area contributed by atoms with E-state index < -0.39 is 0 Å². The van der Waals surface area contributed by atoms with Crippen molar-refractivity contribution in [2.75, 3.05) is 19.6 Å². The van der Waals surface area contributed by atoms with Gasteiger partial charge in [0.15, 0.2) is 0 Å².